The Kier molecular flexibility index (Phi) is 3.65. The lowest BCUT2D eigenvalue weighted by Crippen LogP contribution is -2.33. The quantitative estimate of drug-likeness (QED) is 0.905. The van der Waals surface area contributed by atoms with Crippen molar-refractivity contribution in [3.8, 4) is 6.07 Å². The molecule has 0 bridgehead atoms. The van der Waals surface area contributed by atoms with Crippen molar-refractivity contribution < 1.29 is 5.11 Å². The summed E-state index contributed by atoms with van der Waals surface area (Å²) in [4.78, 5) is 4.24. The number of rotatable bonds is 2. The molecule has 3 heteroatoms. The zero-order valence-electron chi connectivity index (χ0n) is 12.3. The first-order valence-electron chi connectivity index (χ1n) is 7.58. The standard InChI is InChI=1S/C18H20N2O/c1-13-5-4-8-18(9-13,12-19)17(21)16-11-20-10-14-6-2-3-7-15(14)16/h2-3,6-7,10-11,13,17,21H,4-5,8-9H2,1H3. The minimum absolute atomic E-state index is 0.482. The van der Waals surface area contributed by atoms with Crippen molar-refractivity contribution in [1.82, 2.24) is 4.98 Å². The molecule has 2 aromatic rings. The molecular formula is C18H20N2O. The molecule has 3 nitrogen and oxygen atoms in total. The van der Waals surface area contributed by atoms with E-state index >= 15 is 0 Å². The molecule has 0 aliphatic heterocycles. The Morgan fingerprint density at radius 3 is 2.95 bits per heavy atom. The van der Waals surface area contributed by atoms with Crippen LogP contribution in [0.5, 0.6) is 0 Å². The van der Waals surface area contributed by atoms with Crippen LogP contribution in [-0.4, -0.2) is 10.1 Å². The van der Waals surface area contributed by atoms with Crippen LogP contribution in [0.15, 0.2) is 36.7 Å². The van der Waals surface area contributed by atoms with Gasteiger partial charge < -0.3 is 5.11 Å². The summed E-state index contributed by atoms with van der Waals surface area (Å²) in [5.41, 5.74) is 0.104. The predicted octanol–water partition coefficient (Wildman–Crippen LogP) is 3.99. The number of benzene rings is 1. The molecule has 1 aromatic heterocycles. The van der Waals surface area contributed by atoms with Gasteiger partial charge >= 0.3 is 0 Å². The van der Waals surface area contributed by atoms with Crippen LogP contribution in [0.4, 0.5) is 0 Å². The van der Waals surface area contributed by atoms with E-state index in [1.807, 2.05) is 24.3 Å². The minimum atomic E-state index is -0.774. The molecule has 108 valence electrons. The zero-order valence-corrected chi connectivity index (χ0v) is 12.3. The Labute approximate surface area is 125 Å². The van der Waals surface area contributed by atoms with Gasteiger partial charge in [0.2, 0.25) is 0 Å². The average molecular weight is 280 g/mol. The number of aliphatic hydroxyl groups is 1. The third-order valence-electron chi connectivity index (χ3n) is 4.77. The molecule has 1 fully saturated rings. The van der Waals surface area contributed by atoms with Gasteiger partial charge in [-0.15, -0.1) is 0 Å². The Bertz CT molecular complexity index is 686. The summed E-state index contributed by atoms with van der Waals surface area (Å²) < 4.78 is 0. The van der Waals surface area contributed by atoms with Crippen LogP contribution >= 0.6 is 0 Å². The summed E-state index contributed by atoms with van der Waals surface area (Å²) in [7, 11) is 0. The highest BCUT2D eigenvalue weighted by Crippen LogP contribution is 2.48. The van der Waals surface area contributed by atoms with E-state index in [1.54, 1.807) is 12.4 Å². The first kappa shape index (κ1) is 14.0. The van der Waals surface area contributed by atoms with Gasteiger partial charge in [0.1, 0.15) is 0 Å². The Morgan fingerprint density at radius 2 is 2.19 bits per heavy atom. The number of fused-ring (bicyclic) bond motifs is 1. The van der Waals surface area contributed by atoms with E-state index < -0.39 is 11.5 Å². The maximum Gasteiger partial charge on any atom is 0.0997 e. The Hall–Kier alpha value is -1.92. The highest BCUT2D eigenvalue weighted by atomic mass is 16.3. The van der Waals surface area contributed by atoms with E-state index in [4.69, 9.17) is 0 Å². The topological polar surface area (TPSA) is 56.9 Å². The third-order valence-corrected chi connectivity index (χ3v) is 4.77. The second-order valence-corrected chi connectivity index (χ2v) is 6.32. The van der Waals surface area contributed by atoms with Gasteiger partial charge in [-0.1, -0.05) is 44.0 Å². The van der Waals surface area contributed by atoms with Gasteiger partial charge in [0.15, 0.2) is 0 Å². The third kappa shape index (κ3) is 2.41. The van der Waals surface area contributed by atoms with Crippen molar-refractivity contribution in [2.45, 2.75) is 38.7 Å². The lowest BCUT2D eigenvalue weighted by atomic mass is 9.66. The van der Waals surface area contributed by atoms with E-state index in [9.17, 15) is 10.4 Å². The molecule has 0 amide bonds. The van der Waals surface area contributed by atoms with Crippen molar-refractivity contribution in [1.29, 1.82) is 5.26 Å². The number of nitrogens with zero attached hydrogens (tertiary/aromatic N) is 2. The smallest absolute Gasteiger partial charge is 0.0997 e. The SMILES string of the molecule is CC1CCCC(C#N)(C(O)c2cncc3ccccc23)C1. The molecule has 0 radical (unpaired) electrons. The Morgan fingerprint density at radius 1 is 1.38 bits per heavy atom. The normalized spacial score (nSPS) is 27.2. The summed E-state index contributed by atoms with van der Waals surface area (Å²) in [6.45, 7) is 2.17. The van der Waals surface area contributed by atoms with E-state index in [0.29, 0.717) is 5.92 Å². The van der Waals surface area contributed by atoms with Crippen LogP contribution in [0, 0.1) is 22.7 Å². The van der Waals surface area contributed by atoms with Crippen LogP contribution in [0.2, 0.25) is 0 Å². The van der Waals surface area contributed by atoms with Crippen molar-refractivity contribution in [2.75, 3.05) is 0 Å². The molecule has 1 aliphatic rings. The number of aliphatic hydroxyl groups excluding tert-OH is 1. The number of nitriles is 1. The lowest BCUT2D eigenvalue weighted by Gasteiger charge is -2.38. The molecule has 1 aliphatic carbocycles. The van der Waals surface area contributed by atoms with Gasteiger partial charge in [-0.25, -0.2) is 0 Å². The Balaban J connectivity index is 2.07. The summed E-state index contributed by atoms with van der Waals surface area (Å²) in [6.07, 6.45) is 6.41. The molecule has 1 N–H and O–H groups in total. The molecule has 0 saturated heterocycles. The second kappa shape index (κ2) is 5.46. The zero-order chi connectivity index (χ0) is 14.9. The molecular weight excluding hydrogens is 260 g/mol. The highest BCUT2D eigenvalue weighted by Gasteiger charge is 2.42. The van der Waals surface area contributed by atoms with Crippen LogP contribution in [-0.2, 0) is 0 Å². The van der Waals surface area contributed by atoms with Crippen molar-refractivity contribution in [3.63, 3.8) is 0 Å². The highest BCUT2D eigenvalue weighted by molar-refractivity contribution is 5.85. The van der Waals surface area contributed by atoms with Gasteiger partial charge in [0.25, 0.3) is 0 Å². The summed E-state index contributed by atoms with van der Waals surface area (Å²) in [5, 5.41) is 22.7. The van der Waals surface area contributed by atoms with Gasteiger partial charge in [-0.05, 0) is 24.1 Å². The molecule has 1 heterocycles. The van der Waals surface area contributed by atoms with Crippen LogP contribution in [0.1, 0.15) is 44.3 Å². The lowest BCUT2D eigenvalue weighted by molar-refractivity contribution is 0.0227. The fourth-order valence-corrected chi connectivity index (χ4v) is 3.66. The average Bonchev–Trinajstić information content (AvgIpc) is 2.53. The fraction of sp³-hybridized carbons (Fsp3) is 0.444. The van der Waals surface area contributed by atoms with E-state index in [2.05, 4.69) is 18.0 Å². The van der Waals surface area contributed by atoms with Gasteiger partial charge in [-0.3, -0.25) is 4.98 Å². The molecule has 3 rings (SSSR count). The minimum Gasteiger partial charge on any atom is -0.387 e. The molecule has 3 unspecified atom stereocenters. The number of hydrogen-bond acceptors (Lipinski definition) is 3. The monoisotopic (exact) mass is 280 g/mol. The molecule has 3 atom stereocenters. The molecule has 0 spiro atoms. The first-order valence-corrected chi connectivity index (χ1v) is 7.58. The summed E-state index contributed by atoms with van der Waals surface area (Å²) >= 11 is 0. The van der Waals surface area contributed by atoms with Crippen LogP contribution < -0.4 is 0 Å². The maximum atomic E-state index is 10.9. The van der Waals surface area contributed by atoms with Crippen LogP contribution in [0.25, 0.3) is 10.8 Å². The maximum absolute atomic E-state index is 10.9. The molecule has 1 aromatic carbocycles. The van der Waals surface area contributed by atoms with Gasteiger partial charge in [0, 0.05) is 23.3 Å². The number of pyridine rings is 1. The summed E-state index contributed by atoms with van der Waals surface area (Å²) in [6, 6.07) is 10.3. The van der Waals surface area contributed by atoms with Crippen LogP contribution in [0.3, 0.4) is 0 Å². The predicted molar refractivity (Wildman–Crippen MR) is 82.4 cm³/mol. The second-order valence-electron chi connectivity index (χ2n) is 6.32. The van der Waals surface area contributed by atoms with Crippen molar-refractivity contribution in [3.05, 3.63) is 42.2 Å². The van der Waals surface area contributed by atoms with E-state index in [1.165, 1.54) is 0 Å². The summed E-state index contributed by atoms with van der Waals surface area (Å²) in [5.74, 6) is 0.482. The molecule has 21 heavy (non-hydrogen) atoms. The van der Waals surface area contributed by atoms with Gasteiger partial charge in [0.05, 0.1) is 17.6 Å². The van der Waals surface area contributed by atoms with E-state index in [0.717, 1.165) is 42.0 Å². The fourth-order valence-electron chi connectivity index (χ4n) is 3.66. The number of aromatic nitrogens is 1. The number of hydrogen-bond donors (Lipinski definition) is 1. The van der Waals surface area contributed by atoms with Gasteiger partial charge in [-0.2, -0.15) is 5.26 Å². The largest absolute Gasteiger partial charge is 0.387 e. The first-order chi connectivity index (χ1) is 10.2. The molecule has 1 saturated carbocycles. The van der Waals surface area contributed by atoms with E-state index in [-0.39, 0.29) is 0 Å². The van der Waals surface area contributed by atoms with Crippen molar-refractivity contribution in [2.24, 2.45) is 11.3 Å². The van der Waals surface area contributed by atoms with Crippen molar-refractivity contribution >= 4 is 10.8 Å².